The number of amides is 3. The van der Waals surface area contributed by atoms with E-state index < -0.39 is 0 Å². The molecular weight excluding hydrogens is 338 g/mol. The van der Waals surface area contributed by atoms with Crippen LogP contribution in [0.4, 0.5) is 10.5 Å². The van der Waals surface area contributed by atoms with Crippen LogP contribution in [0.25, 0.3) is 0 Å². The lowest BCUT2D eigenvalue weighted by Crippen LogP contribution is -2.34. The van der Waals surface area contributed by atoms with Gasteiger partial charge in [0.05, 0.1) is 6.04 Å². The molecule has 0 radical (unpaired) electrons. The molecule has 25 heavy (non-hydrogen) atoms. The second-order valence-corrected chi connectivity index (χ2v) is 6.25. The number of hydrogen-bond acceptors (Lipinski definition) is 2. The second-order valence-electron chi connectivity index (χ2n) is 5.85. The van der Waals surface area contributed by atoms with E-state index >= 15 is 0 Å². The van der Waals surface area contributed by atoms with Crippen molar-refractivity contribution in [3.8, 4) is 0 Å². The number of hydrogen-bond donors (Lipinski definition) is 2. The number of halogens is 1. The van der Waals surface area contributed by atoms with Crippen molar-refractivity contribution in [2.75, 3.05) is 19.4 Å². The van der Waals surface area contributed by atoms with Gasteiger partial charge in [-0.2, -0.15) is 0 Å². The summed E-state index contributed by atoms with van der Waals surface area (Å²) in [6, 6.07) is 12.2. The topological polar surface area (TPSA) is 61.4 Å². The maximum Gasteiger partial charge on any atom is 0.322 e. The molecule has 0 aliphatic rings. The van der Waals surface area contributed by atoms with Crippen molar-refractivity contribution >= 4 is 29.2 Å². The molecule has 6 heteroatoms. The molecule has 3 amide bonds. The van der Waals surface area contributed by atoms with E-state index in [-0.39, 0.29) is 18.0 Å². The van der Waals surface area contributed by atoms with Gasteiger partial charge in [0, 0.05) is 30.4 Å². The van der Waals surface area contributed by atoms with Gasteiger partial charge in [0.2, 0.25) is 0 Å². The maximum absolute atomic E-state index is 12.6. The summed E-state index contributed by atoms with van der Waals surface area (Å²) in [6.07, 6.45) is 0. The number of anilines is 1. The van der Waals surface area contributed by atoms with E-state index in [1.54, 1.807) is 43.3 Å². The van der Waals surface area contributed by atoms with Crippen LogP contribution in [0.15, 0.2) is 42.5 Å². The quantitative estimate of drug-likeness (QED) is 0.858. The van der Waals surface area contributed by atoms with Crippen LogP contribution in [0, 0.1) is 6.92 Å². The largest absolute Gasteiger partial charge is 0.355 e. The predicted octanol–water partition coefficient (Wildman–Crippen LogP) is 4.23. The molecule has 0 heterocycles. The highest BCUT2D eigenvalue weighted by Gasteiger charge is 2.20. The lowest BCUT2D eigenvalue weighted by atomic mass is 10.1. The monoisotopic (exact) mass is 359 g/mol. The summed E-state index contributed by atoms with van der Waals surface area (Å²) in [5.74, 6) is -0.162. The lowest BCUT2D eigenvalue weighted by molar-refractivity contribution is 0.0963. The average molecular weight is 360 g/mol. The molecule has 0 spiro atoms. The van der Waals surface area contributed by atoms with Gasteiger partial charge in [0.25, 0.3) is 5.91 Å². The molecule has 0 aliphatic heterocycles. The number of carbonyl (C=O) groups excluding carboxylic acids is 2. The molecule has 0 unspecified atom stereocenters. The first-order valence-electron chi connectivity index (χ1n) is 7.96. The zero-order valence-corrected chi connectivity index (χ0v) is 15.5. The van der Waals surface area contributed by atoms with Gasteiger partial charge in [-0.05, 0) is 49.2 Å². The third-order valence-electron chi connectivity index (χ3n) is 4.21. The zero-order chi connectivity index (χ0) is 18.6. The fourth-order valence-electron chi connectivity index (χ4n) is 2.49. The molecule has 5 nitrogen and oxygen atoms in total. The van der Waals surface area contributed by atoms with Gasteiger partial charge in [0.1, 0.15) is 0 Å². The fraction of sp³-hybridized carbons (Fsp3) is 0.263. The zero-order valence-electron chi connectivity index (χ0n) is 14.8. The Bertz CT molecular complexity index is 792. The van der Waals surface area contributed by atoms with Gasteiger partial charge in [-0.25, -0.2) is 4.79 Å². The summed E-state index contributed by atoms with van der Waals surface area (Å²) in [5, 5.41) is 6.08. The van der Waals surface area contributed by atoms with Crippen molar-refractivity contribution in [1.29, 1.82) is 0 Å². The number of carbonyl (C=O) groups is 2. The number of rotatable bonds is 4. The number of urea groups is 1. The minimum Gasteiger partial charge on any atom is -0.355 e. The molecule has 0 saturated heterocycles. The van der Waals surface area contributed by atoms with Crippen LogP contribution in [0.2, 0.25) is 5.02 Å². The molecule has 0 fully saturated rings. The molecule has 2 aromatic rings. The Kier molecular flexibility index (Phi) is 6.04. The van der Waals surface area contributed by atoms with Crippen LogP contribution in [0.1, 0.15) is 34.5 Å². The second kappa shape index (κ2) is 8.03. The first-order valence-corrected chi connectivity index (χ1v) is 8.34. The smallest absolute Gasteiger partial charge is 0.322 e. The summed E-state index contributed by atoms with van der Waals surface area (Å²) in [5.41, 5.74) is 2.91. The minimum atomic E-state index is -0.247. The summed E-state index contributed by atoms with van der Waals surface area (Å²) >= 11 is 6.22. The predicted molar refractivity (Wildman–Crippen MR) is 101 cm³/mol. The van der Waals surface area contributed by atoms with Crippen LogP contribution >= 0.6 is 11.6 Å². The first kappa shape index (κ1) is 18.8. The summed E-state index contributed by atoms with van der Waals surface area (Å²) in [7, 11) is 3.30. The van der Waals surface area contributed by atoms with Gasteiger partial charge in [-0.15, -0.1) is 0 Å². The molecule has 2 rings (SSSR count). The summed E-state index contributed by atoms with van der Waals surface area (Å²) < 4.78 is 0. The Balaban J connectivity index is 2.13. The Morgan fingerprint density at radius 1 is 1.16 bits per heavy atom. The van der Waals surface area contributed by atoms with E-state index in [2.05, 4.69) is 10.6 Å². The Morgan fingerprint density at radius 2 is 1.84 bits per heavy atom. The SMILES string of the molecule is CNC(=O)c1ccc(NC(=O)N(C)[C@@H](C)c2ccccc2Cl)c(C)c1. The number of aryl methyl sites for hydroxylation is 1. The van der Waals surface area contributed by atoms with E-state index in [4.69, 9.17) is 11.6 Å². The molecule has 1 atom stereocenters. The van der Waals surface area contributed by atoms with Gasteiger partial charge in [0.15, 0.2) is 0 Å². The van der Waals surface area contributed by atoms with Crippen molar-refractivity contribution in [3.63, 3.8) is 0 Å². The van der Waals surface area contributed by atoms with Crippen LogP contribution in [0.3, 0.4) is 0 Å². The maximum atomic E-state index is 12.6. The van der Waals surface area contributed by atoms with Gasteiger partial charge in [-0.1, -0.05) is 29.8 Å². The lowest BCUT2D eigenvalue weighted by Gasteiger charge is -2.26. The highest BCUT2D eigenvalue weighted by Crippen LogP contribution is 2.27. The average Bonchev–Trinajstić information content (AvgIpc) is 2.61. The minimum absolute atomic E-state index is 0.162. The highest BCUT2D eigenvalue weighted by atomic mass is 35.5. The Labute approximate surface area is 153 Å². The van der Waals surface area contributed by atoms with Crippen molar-refractivity contribution in [2.24, 2.45) is 0 Å². The van der Waals surface area contributed by atoms with Crippen LogP contribution < -0.4 is 10.6 Å². The van der Waals surface area contributed by atoms with Crippen molar-refractivity contribution in [1.82, 2.24) is 10.2 Å². The number of nitrogens with zero attached hydrogens (tertiary/aromatic N) is 1. The van der Waals surface area contributed by atoms with Crippen LogP contribution in [-0.4, -0.2) is 30.9 Å². The van der Waals surface area contributed by atoms with E-state index in [1.807, 2.05) is 32.0 Å². The molecule has 0 bridgehead atoms. The molecule has 132 valence electrons. The molecule has 0 aliphatic carbocycles. The first-order chi connectivity index (χ1) is 11.8. The van der Waals surface area contributed by atoms with Crippen LogP contribution in [0.5, 0.6) is 0 Å². The highest BCUT2D eigenvalue weighted by molar-refractivity contribution is 6.31. The van der Waals surface area contributed by atoms with Crippen LogP contribution in [-0.2, 0) is 0 Å². The Hall–Kier alpha value is -2.53. The van der Waals surface area contributed by atoms with Gasteiger partial charge < -0.3 is 15.5 Å². The normalized spacial score (nSPS) is 11.6. The molecule has 2 aromatic carbocycles. The van der Waals surface area contributed by atoms with Crippen molar-refractivity contribution < 1.29 is 9.59 Å². The van der Waals surface area contributed by atoms with Gasteiger partial charge in [-0.3, -0.25) is 4.79 Å². The molecule has 0 aromatic heterocycles. The number of nitrogens with one attached hydrogen (secondary N) is 2. The molecular formula is C19H22ClN3O2. The van der Waals surface area contributed by atoms with Gasteiger partial charge >= 0.3 is 6.03 Å². The summed E-state index contributed by atoms with van der Waals surface area (Å²) in [6.45, 7) is 3.77. The third kappa shape index (κ3) is 4.31. The molecule has 2 N–H and O–H groups in total. The fourth-order valence-corrected chi connectivity index (χ4v) is 2.78. The van der Waals surface area contributed by atoms with E-state index in [1.165, 1.54) is 0 Å². The van der Waals surface area contributed by atoms with Crippen molar-refractivity contribution in [3.05, 3.63) is 64.2 Å². The third-order valence-corrected chi connectivity index (χ3v) is 4.56. The van der Waals surface area contributed by atoms with E-state index in [9.17, 15) is 9.59 Å². The van der Waals surface area contributed by atoms with Crippen molar-refractivity contribution in [2.45, 2.75) is 19.9 Å². The molecule has 0 saturated carbocycles. The summed E-state index contributed by atoms with van der Waals surface area (Å²) in [4.78, 5) is 25.8. The van der Waals surface area contributed by atoms with E-state index in [0.717, 1.165) is 11.1 Å². The Morgan fingerprint density at radius 3 is 2.44 bits per heavy atom. The number of benzene rings is 2. The van der Waals surface area contributed by atoms with E-state index in [0.29, 0.717) is 16.3 Å². The standard InChI is InChI=1S/C19H22ClN3O2/c1-12-11-14(18(24)21-3)9-10-17(12)22-19(25)23(4)13(2)15-7-5-6-8-16(15)20/h5-11,13H,1-4H3,(H,21,24)(H,22,25)/t13-/m0/s1.